The summed E-state index contributed by atoms with van der Waals surface area (Å²) in [5.74, 6) is 1.92. The Hall–Kier alpha value is -6.87. The van der Waals surface area contributed by atoms with Crippen LogP contribution in [0.5, 0.6) is 17.6 Å². The molecule has 3 fully saturated rings. The number of aromatic nitrogens is 3. The fourth-order valence-corrected chi connectivity index (χ4v) is 8.16. The van der Waals surface area contributed by atoms with E-state index in [1.165, 1.54) is 26.5 Å². The molecule has 2 spiro atoms. The zero-order valence-corrected chi connectivity index (χ0v) is 47.0. The van der Waals surface area contributed by atoms with Crippen molar-refractivity contribution in [1.82, 2.24) is 46.0 Å². The van der Waals surface area contributed by atoms with Crippen LogP contribution < -0.4 is 35.5 Å². The summed E-state index contributed by atoms with van der Waals surface area (Å²) in [6, 6.07) is 12.4. The van der Waals surface area contributed by atoms with Gasteiger partial charge in [-0.15, -0.1) is 23.2 Å². The SMILES string of the molecule is CCO.COc1cc(C(=O)NC2(C#N)CCN(C(=O)OC(C)(C)C)CC2)ccn1.COc1cc(C2=NC3(CCN(C(=O)OC(C)(C)C)CC3)C(=O)N2)ccn1.COc1cc(C2=NC3(CCNCC3)C(=O)N2)ccn1.ClCCl. The van der Waals surface area contributed by atoms with E-state index in [-0.39, 0.29) is 35.8 Å². The number of likely N-dealkylation sites (tertiary alicyclic amines) is 2. The Morgan fingerprint density at radius 3 is 1.45 bits per heavy atom. The van der Waals surface area contributed by atoms with E-state index in [2.05, 4.69) is 52.3 Å². The third-order valence-electron chi connectivity index (χ3n) is 12.1. The average molecular weight is 1110 g/mol. The van der Waals surface area contributed by atoms with Crippen LogP contribution in [-0.4, -0.2) is 172 Å². The number of nitriles is 1. The number of hydrogen-bond acceptors (Lipinski definition) is 18. The van der Waals surface area contributed by atoms with Crippen molar-refractivity contribution in [1.29, 1.82) is 5.26 Å². The van der Waals surface area contributed by atoms with Crippen molar-refractivity contribution < 1.29 is 52.8 Å². The van der Waals surface area contributed by atoms with Crippen molar-refractivity contribution in [3.05, 3.63) is 71.7 Å². The third kappa shape index (κ3) is 18.1. The molecule has 0 radical (unpaired) electrons. The fraction of sp³-hybridized carbons (Fsp3) is 0.558. The van der Waals surface area contributed by atoms with Gasteiger partial charge in [0.25, 0.3) is 17.7 Å². The molecule has 8 heterocycles. The first-order valence-electron chi connectivity index (χ1n) is 24.9. The number of hydrogen-bond donors (Lipinski definition) is 5. The average Bonchev–Trinajstić information content (AvgIpc) is 3.90. The third-order valence-corrected chi connectivity index (χ3v) is 12.1. The molecule has 420 valence electrons. The lowest BCUT2D eigenvalue weighted by Crippen LogP contribution is -2.55. The molecule has 5 aliphatic heterocycles. The Labute approximate surface area is 459 Å². The van der Waals surface area contributed by atoms with Gasteiger partial charge in [0.15, 0.2) is 0 Å². The number of rotatable bonds is 7. The van der Waals surface area contributed by atoms with E-state index in [0.29, 0.717) is 86.7 Å². The number of halogens is 2. The van der Waals surface area contributed by atoms with Gasteiger partial charge >= 0.3 is 12.2 Å². The van der Waals surface area contributed by atoms with Gasteiger partial charge in [0, 0.05) is 99.1 Å². The predicted octanol–water partition coefficient (Wildman–Crippen LogP) is 5.36. The second-order valence-electron chi connectivity index (χ2n) is 19.9. The Morgan fingerprint density at radius 1 is 0.688 bits per heavy atom. The Balaban J connectivity index is 0.000000239. The van der Waals surface area contributed by atoms with E-state index in [0.717, 1.165) is 37.1 Å². The first kappa shape index (κ1) is 62.7. The van der Waals surface area contributed by atoms with Crippen LogP contribution >= 0.6 is 23.2 Å². The number of aliphatic hydroxyl groups is 1. The monoisotopic (exact) mass is 1110 g/mol. The first-order valence-corrected chi connectivity index (χ1v) is 26.0. The molecule has 0 atom stereocenters. The molecule has 0 saturated carbocycles. The Bertz CT molecular complexity index is 2590. The van der Waals surface area contributed by atoms with Crippen LogP contribution in [0.4, 0.5) is 9.59 Å². The molecular formula is C52H72Cl2N12O11. The molecule has 0 aliphatic carbocycles. The van der Waals surface area contributed by atoms with Crippen LogP contribution in [0, 0.1) is 11.3 Å². The number of aliphatic hydroxyl groups excluding tert-OH is 1. The molecule has 5 amide bonds. The van der Waals surface area contributed by atoms with Crippen LogP contribution in [0.15, 0.2) is 65.0 Å². The van der Waals surface area contributed by atoms with Crippen LogP contribution in [-0.2, 0) is 19.1 Å². The molecule has 3 aromatic heterocycles. The number of piperidine rings is 3. The van der Waals surface area contributed by atoms with E-state index >= 15 is 0 Å². The summed E-state index contributed by atoms with van der Waals surface area (Å²) in [4.78, 5) is 86.2. The molecule has 5 aliphatic rings. The van der Waals surface area contributed by atoms with Gasteiger partial charge in [0.1, 0.15) is 39.5 Å². The number of ether oxygens (including phenoxy) is 5. The summed E-state index contributed by atoms with van der Waals surface area (Å²) in [7, 11) is 4.57. The lowest BCUT2D eigenvalue weighted by molar-refractivity contribution is -0.125. The number of alkyl halides is 2. The topological polar surface area (TPSA) is 294 Å². The minimum atomic E-state index is -1.02. The second kappa shape index (κ2) is 28.5. The highest BCUT2D eigenvalue weighted by molar-refractivity contribution is 6.40. The summed E-state index contributed by atoms with van der Waals surface area (Å²) < 4.78 is 26.0. The molecule has 0 bridgehead atoms. The van der Waals surface area contributed by atoms with Crippen molar-refractivity contribution in [2.75, 3.05) is 72.5 Å². The van der Waals surface area contributed by atoms with Gasteiger partial charge in [-0.3, -0.25) is 24.4 Å². The Morgan fingerprint density at radius 2 is 1.06 bits per heavy atom. The Kier molecular flexibility index (Phi) is 23.2. The number of pyridine rings is 3. The van der Waals surface area contributed by atoms with Crippen molar-refractivity contribution in [3.63, 3.8) is 0 Å². The highest BCUT2D eigenvalue weighted by Gasteiger charge is 2.48. The molecule has 3 aromatic rings. The number of carbonyl (C=O) groups is 5. The van der Waals surface area contributed by atoms with Crippen molar-refractivity contribution >= 4 is 64.8 Å². The molecule has 0 aromatic carbocycles. The van der Waals surface area contributed by atoms with Gasteiger partial charge in [-0.1, -0.05) is 0 Å². The standard InChI is InChI=1S/2C18H24N4O4.C13H16N4O2.C2H6O.CH2Cl2/c1-17(2,3)26-16(24)22-9-6-18(7-10-22)15(23)20-14(21-18)12-5-8-19-13(11-12)25-4;1-17(2,3)26-16(24)22-9-6-18(12-19,7-10-22)21-15(23)13-5-8-20-14(11-13)25-4;1-19-10-8-9(2-5-15-10)11-16-12(18)13(17-11)3-6-14-7-4-13;1-2-3;2-1-3/h5,8,11H,6-7,9-10H2,1-4H3,(H,20,21,23);5,8,11H,6-7,9-10H2,1-4H3,(H,21,23);2,5,8,14H,3-4,6-7H2,1H3,(H,16,17,18);3H,2H2,1H3;1H2. The quantitative estimate of drug-likeness (QED) is 0.186. The molecular weight excluding hydrogens is 1040 g/mol. The van der Waals surface area contributed by atoms with Gasteiger partial charge in [-0.25, -0.2) is 24.5 Å². The molecule has 25 heteroatoms. The van der Waals surface area contributed by atoms with Crippen molar-refractivity contribution in [2.24, 2.45) is 9.98 Å². The van der Waals surface area contributed by atoms with Crippen molar-refractivity contribution in [3.8, 4) is 23.7 Å². The lowest BCUT2D eigenvalue weighted by atomic mass is 9.88. The minimum absolute atomic E-state index is 0.000205. The number of amidine groups is 2. The van der Waals surface area contributed by atoms with Crippen LogP contribution in [0.1, 0.15) is 108 Å². The summed E-state index contributed by atoms with van der Waals surface area (Å²) in [5.41, 5.74) is -1.61. The van der Waals surface area contributed by atoms with Gasteiger partial charge in [0.2, 0.25) is 17.6 Å². The number of aliphatic imine (C=N–C) groups is 2. The normalized spacial score (nSPS) is 17.7. The largest absolute Gasteiger partial charge is 0.481 e. The number of carbonyl (C=O) groups excluding carboxylic acids is 5. The summed E-state index contributed by atoms with van der Waals surface area (Å²) >= 11 is 9.53. The minimum Gasteiger partial charge on any atom is -0.481 e. The highest BCUT2D eigenvalue weighted by atomic mass is 35.5. The predicted molar refractivity (Wildman–Crippen MR) is 289 cm³/mol. The maximum absolute atomic E-state index is 12.6. The van der Waals surface area contributed by atoms with E-state index in [9.17, 15) is 29.2 Å². The summed E-state index contributed by atoms with van der Waals surface area (Å²) in [6.07, 6.45) is 7.03. The van der Waals surface area contributed by atoms with E-state index in [4.69, 9.17) is 52.0 Å². The smallest absolute Gasteiger partial charge is 0.410 e. The molecule has 23 nitrogen and oxygen atoms in total. The maximum Gasteiger partial charge on any atom is 0.410 e. The second-order valence-corrected chi connectivity index (χ2v) is 20.7. The summed E-state index contributed by atoms with van der Waals surface area (Å²) in [5, 5.41) is 29.2. The highest BCUT2D eigenvalue weighted by Crippen LogP contribution is 2.33. The zero-order chi connectivity index (χ0) is 57.0. The van der Waals surface area contributed by atoms with Crippen molar-refractivity contribution in [2.45, 2.75) is 115 Å². The number of methoxy groups -OCH3 is 3. The van der Waals surface area contributed by atoms with Crippen LogP contribution in [0.25, 0.3) is 0 Å². The van der Waals surface area contributed by atoms with E-state index in [1.54, 1.807) is 81.3 Å². The lowest BCUT2D eigenvalue weighted by Gasteiger charge is -2.38. The first-order chi connectivity index (χ1) is 36.5. The van der Waals surface area contributed by atoms with E-state index < -0.39 is 33.9 Å². The van der Waals surface area contributed by atoms with Gasteiger partial charge < -0.3 is 59.9 Å². The summed E-state index contributed by atoms with van der Waals surface area (Å²) in [6.45, 7) is 16.0. The van der Waals surface area contributed by atoms with Crippen LogP contribution in [0.2, 0.25) is 0 Å². The van der Waals surface area contributed by atoms with Gasteiger partial charge in [0.05, 0.1) is 32.7 Å². The van der Waals surface area contributed by atoms with Crippen LogP contribution in [0.3, 0.4) is 0 Å². The van der Waals surface area contributed by atoms with E-state index in [1.807, 2.05) is 26.8 Å². The number of nitrogens with zero attached hydrogens (tertiary/aromatic N) is 8. The maximum atomic E-state index is 12.6. The molecule has 8 rings (SSSR count). The van der Waals surface area contributed by atoms with Gasteiger partial charge in [-0.05, 0) is 105 Å². The molecule has 0 unspecified atom stereocenters. The molecule has 5 N–H and O–H groups in total. The molecule has 3 saturated heterocycles. The number of nitrogens with one attached hydrogen (secondary N) is 4. The zero-order valence-electron chi connectivity index (χ0n) is 45.5. The fourth-order valence-electron chi connectivity index (χ4n) is 8.16. The van der Waals surface area contributed by atoms with Gasteiger partial charge in [-0.2, -0.15) is 5.26 Å². The molecule has 77 heavy (non-hydrogen) atoms. The number of amides is 5.